The number of ether oxygens (including phenoxy) is 1. The summed E-state index contributed by atoms with van der Waals surface area (Å²) in [5, 5.41) is 0. The van der Waals surface area contributed by atoms with Crippen molar-refractivity contribution in [3.8, 4) is 5.75 Å². The van der Waals surface area contributed by atoms with Crippen LogP contribution in [0.3, 0.4) is 0 Å². The molecule has 2 N–H and O–H groups in total. The lowest BCUT2D eigenvalue weighted by Gasteiger charge is -2.21. The monoisotopic (exact) mass is 320 g/mol. The lowest BCUT2D eigenvalue weighted by atomic mass is 10.1. The molecule has 0 saturated heterocycles. The number of carbonyl (C=O) groups excluding carboxylic acids is 1. The van der Waals surface area contributed by atoms with Crippen molar-refractivity contribution in [1.82, 2.24) is 4.90 Å². The maximum Gasteiger partial charge on any atom is 0.176 e. The lowest BCUT2D eigenvalue weighted by molar-refractivity contribution is 0.0928. The van der Waals surface area contributed by atoms with Crippen LogP contribution < -0.4 is 10.5 Å². The molecule has 4 heteroatoms. The fourth-order valence-electron chi connectivity index (χ4n) is 2.41. The summed E-state index contributed by atoms with van der Waals surface area (Å²) in [6.45, 7) is 10.7. The summed E-state index contributed by atoms with van der Waals surface area (Å²) in [5.74, 6) is 0.769. The third-order valence-electron chi connectivity index (χ3n) is 3.72. The molecule has 0 bridgehead atoms. The molecule has 0 radical (unpaired) electrons. The van der Waals surface area contributed by atoms with Gasteiger partial charge in [0.15, 0.2) is 5.78 Å². The first-order chi connectivity index (χ1) is 11.0. The molecule has 0 saturated carbocycles. The Labute approximate surface area is 141 Å². The zero-order valence-corrected chi connectivity index (χ0v) is 15.1. The topological polar surface area (TPSA) is 55.6 Å². The van der Waals surface area contributed by atoms with Gasteiger partial charge in [-0.2, -0.15) is 0 Å². The van der Waals surface area contributed by atoms with E-state index in [0.29, 0.717) is 23.5 Å². The van der Waals surface area contributed by atoms with Crippen LogP contribution in [0.5, 0.6) is 5.75 Å². The Bertz CT molecular complexity index is 478. The fourth-order valence-corrected chi connectivity index (χ4v) is 2.41. The van der Waals surface area contributed by atoms with Gasteiger partial charge in [-0.3, -0.25) is 9.69 Å². The highest BCUT2D eigenvalue weighted by Gasteiger charge is 2.14. The van der Waals surface area contributed by atoms with Crippen molar-refractivity contribution in [1.29, 1.82) is 0 Å². The quantitative estimate of drug-likeness (QED) is 0.492. The van der Waals surface area contributed by atoms with Crippen LogP contribution in [0.25, 0.3) is 0 Å². The minimum Gasteiger partial charge on any atom is -0.489 e. The van der Waals surface area contributed by atoms with E-state index in [1.165, 1.54) is 0 Å². The van der Waals surface area contributed by atoms with Crippen LogP contribution in [-0.2, 0) is 0 Å². The standard InChI is InChI=1S/C19H32N2O2/c1-5-7-11-21(12-8-6-2)14-18(22)16-9-10-19(17(20)13-16)23-15(3)4/h9-10,13,15H,5-8,11-12,14,20H2,1-4H3. The first-order valence-corrected chi connectivity index (χ1v) is 8.79. The van der Waals surface area contributed by atoms with Gasteiger partial charge in [0.25, 0.3) is 0 Å². The van der Waals surface area contributed by atoms with Crippen molar-refractivity contribution in [2.45, 2.75) is 59.5 Å². The maximum atomic E-state index is 12.5. The number of ketones is 1. The van der Waals surface area contributed by atoms with Gasteiger partial charge >= 0.3 is 0 Å². The summed E-state index contributed by atoms with van der Waals surface area (Å²) in [7, 11) is 0. The van der Waals surface area contributed by atoms with Gasteiger partial charge in [-0.25, -0.2) is 0 Å². The van der Waals surface area contributed by atoms with Gasteiger partial charge in [-0.05, 0) is 58.0 Å². The van der Waals surface area contributed by atoms with Gasteiger partial charge in [0, 0.05) is 5.56 Å². The van der Waals surface area contributed by atoms with Crippen LogP contribution in [0, 0.1) is 0 Å². The molecule has 0 aromatic heterocycles. The molecular weight excluding hydrogens is 288 g/mol. The van der Waals surface area contributed by atoms with E-state index < -0.39 is 0 Å². The molecule has 0 aliphatic heterocycles. The summed E-state index contributed by atoms with van der Waals surface area (Å²) in [4.78, 5) is 14.8. The average molecular weight is 320 g/mol. The molecule has 0 aliphatic rings. The Morgan fingerprint density at radius 2 is 1.78 bits per heavy atom. The molecule has 1 aromatic carbocycles. The number of Topliss-reactive ketones (excluding diaryl/α,β-unsaturated/α-hetero) is 1. The molecule has 0 unspecified atom stereocenters. The first kappa shape index (κ1) is 19.5. The van der Waals surface area contributed by atoms with Crippen LogP contribution in [-0.4, -0.2) is 36.4 Å². The third-order valence-corrected chi connectivity index (χ3v) is 3.72. The number of hydrogen-bond donors (Lipinski definition) is 1. The second-order valence-corrected chi connectivity index (χ2v) is 6.33. The second kappa shape index (κ2) is 10.3. The van der Waals surface area contributed by atoms with E-state index in [1.54, 1.807) is 12.1 Å². The van der Waals surface area contributed by atoms with E-state index in [1.807, 2.05) is 19.9 Å². The summed E-state index contributed by atoms with van der Waals surface area (Å²) in [6, 6.07) is 5.34. The Morgan fingerprint density at radius 1 is 1.17 bits per heavy atom. The Hall–Kier alpha value is -1.55. The van der Waals surface area contributed by atoms with Gasteiger partial charge in [-0.1, -0.05) is 26.7 Å². The van der Waals surface area contributed by atoms with Crippen LogP contribution in [0.2, 0.25) is 0 Å². The van der Waals surface area contributed by atoms with Crippen LogP contribution >= 0.6 is 0 Å². The van der Waals surface area contributed by atoms with E-state index >= 15 is 0 Å². The minimum atomic E-state index is 0.0671. The normalized spacial score (nSPS) is 11.2. The number of unbranched alkanes of at least 4 members (excludes halogenated alkanes) is 2. The maximum absolute atomic E-state index is 12.5. The molecule has 1 aromatic rings. The number of carbonyl (C=O) groups is 1. The Balaban J connectivity index is 2.72. The van der Waals surface area contributed by atoms with Crippen molar-refractivity contribution < 1.29 is 9.53 Å². The summed E-state index contributed by atoms with van der Waals surface area (Å²) in [6.07, 6.45) is 4.61. The number of nitrogens with two attached hydrogens (primary N) is 1. The summed E-state index contributed by atoms with van der Waals surface area (Å²) in [5.41, 5.74) is 7.20. The average Bonchev–Trinajstić information content (AvgIpc) is 2.51. The first-order valence-electron chi connectivity index (χ1n) is 8.79. The molecule has 0 spiro atoms. The molecule has 130 valence electrons. The SMILES string of the molecule is CCCCN(CCCC)CC(=O)c1ccc(OC(C)C)c(N)c1. The highest BCUT2D eigenvalue weighted by molar-refractivity contribution is 5.98. The van der Waals surface area contributed by atoms with Crippen LogP contribution in [0.4, 0.5) is 5.69 Å². The second-order valence-electron chi connectivity index (χ2n) is 6.33. The number of benzene rings is 1. The summed E-state index contributed by atoms with van der Waals surface area (Å²) >= 11 is 0. The predicted octanol–water partition coefficient (Wildman–Crippen LogP) is 4.14. The van der Waals surface area contributed by atoms with Crippen molar-refractivity contribution in [3.05, 3.63) is 23.8 Å². The molecule has 0 amide bonds. The lowest BCUT2D eigenvalue weighted by Crippen LogP contribution is -2.32. The van der Waals surface area contributed by atoms with Gasteiger partial charge in [0.1, 0.15) is 5.75 Å². The highest BCUT2D eigenvalue weighted by Crippen LogP contribution is 2.24. The Morgan fingerprint density at radius 3 is 2.26 bits per heavy atom. The molecule has 0 atom stereocenters. The van der Waals surface area contributed by atoms with Crippen molar-refractivity contribution in [2.75, 3.05) is 25.4 Å². The van der Waals surface area contributed by atoms with Gasteiger partial charge in [-0.15, -0.1) is 0 Å². The van der Waals surface area contributed by atoms with Crippen molar-refractivity contribution in [2.24, 2.45) is 0 Å². The molecule has 4 nitrogen and oxygen atoms in total. The molecule has 0 aliphatic carbocycles. The number of nitrogens with zero attached hydrogens (tertiary/aromatic N) is 1. The predicted molar refractivity (Wildman–Crippen MR) is 97.2 cm³/mol. The third kappa shape index (κ3) is 7.04. The number of nitrogen functional groups attached to an aromatic ring is 1. The molecule has 0 fully saturated rings. The largest absolute Gasteiger partial charge is 0.489 e. The van der Waals surface area contributed by atoms with Crippen molar-refractivity contribution >= 4 is 11.5 Å². The number of anilines is 1. The van der Waals surface area contributed by atoms with E-state index in [9.17, 15) is 4.79 Å². The van der Waals surface area contributed by atoms with E-state index in [4.69, 9.17) is 10.5 Å². The molecular formula is C19H32N2O2. The van der Waals surface area contributed by atoms with Gasteiger partial charge in [0.2, 0.25) is 0 Å². The van der Waals surface area contributed by atoms with E-state index in [-0.39, 0.29) is 11.9 Å². The zero-order chi connectivity index (χ0) is 17.2. The molecule has 23 heavy (non-hydrogen) atoms. The summed E-state index contributed by atoms with van der Waals surface area (Å²) < 4.78 is 5.62. The van der Waals surface area contributed by atoms with Gasteiger partial charge in [0.05, 0.1) is 18.3 Å². The minimum absolute atomic E-state index is 0.0671. The number of hydrogen-bond acceptors (Lipinski definition) is 4. The fraction of sp³-hybridized carbons (Fsp3) is 0.632. The highest BCUT2D eigenvalue weighted by atomic mass is 16.5. The molecule has 0 heterocycles. The number of rotatable bonds is 11. The van der Waals surface area contributed by atoms with Gasteiger partial charge < -0.3 is 10.5 Å². The Kier molecular flexibility index (Phi) is 8.70. The van der Waals surface area contributed by atoms with Crippen LogP contribution in [0.1, 0.15) is 63.7 Å². The smallest absolute Gasteiger partial charge is 0.176 e. The van der Waals surface area contributed by atoms with Crippen LogP contribution in [0.15, 0.2) is 18.2 Å². The van der Waals surface area contributed by atoms with E-state index in [0.717, 1.165) is 38.8 Å². The van der Waals surface area contributed by atoms with Crippen molar-refractivity contribution in [3.63, 3.8) is 0 Å². The van der Waals surface area contributed by atoms with E-state index in [2.05, 4.69) is 18.7 Å². The zero-order valence-electron chi connectivity index (χ0n) is 15.1. The molecule has 1 rings (SSSR count).